The molecule has 0 saturated heterocycles. The number of fused-ring (bicyclic) bond motifs is 1. The van der Waals surface area contributed by atoms with Gasteiger partial charge in [0.1, 0.15) is 5.65 Å². The number of aliphatic hydroxyl groups is 1. The predicted octanol–water partition coefficient (Wildman–Crippen LogP) is 4.04. The van der Waals surface area contributed by atoms with Gasteiger partial charge >= 0.3 is 0 Å². The van der Waals surface area contributed by atoms with Crippen molar-refractivity contribution >= 4 is 28.2 Å². The molecule has 1 aliphatic heterocycles. The summed E-state index contributed by atoms with van der Waals surface area (Å²) in [5, 5.41) is 12.3. The second-order valence-electron chi connectivity index (χ2n) is 6.41. The molecule has 1 aromatic carbocycles. The average Bonchev–Trinajstić information content (AvgIpc) is 3.07. The Kier molecular flexibility index (Phi) is 4.57. The van der Waals surface area contributed by atoms with Crippen molar-refractivity contribution in [3.8, 4) is 0 Å². The molecule has 1 atom stereocenters. The molecule has 3 heterocycles. The van der Waals surface area contributed by atoms with Gasteiger partial charge < -0.3 is 10.1 Å². The fourth-order valence-corrected chi connectivity index (χ4v) is 3.50. The third-order valence-electron chi connectivity index (χ3n) is 4.78. The lowest BCUT2D eigenvalue weighted by Gasteiger charge is -2.28. The Bertz CT molecular complexity index is 901. The van der Waals surface area contributed by atoms with E-state index in [9.17, 15) is 5.11 Å². The molecule has 0 saturated carbocycles. The van der Waals surface area contributed by atoms with E-state index >= 15 is 0 Å². The smallest absolute Gasteiger partial charge is 0.137 e. The summed E-state index contributed by atoms with van der Waals surface area (Å²) in [4.78, 5) is 9.87. The van der Waals surface area contributed by atoms with Crippen LogP contribution in [-0.2, 0) is 0 Å². The van der Waals surface area contributed by atoms with Gasteiger partial charge in [0.25, 0.3) is 0 Å². The van der Waals surface area contributed by atoms with Gasteiger partial charge in [0.15, 0.2) is 0 Å². The number of pyridine rings is 1. The number of H-pyrrole nitrogens is 1. The Balaban J connectivity index is 1.44. The van der Waals surface area contributed by atoms with Crippen molar-refractivity contribution in [2.45, 2.75) is 12.5 Å². The summed E-state index contributed by atoms with van der Waals surface area (Å²) >= 11 is 5.91. The number of aliphatic hydroxyl groups excluding tert-OH is 1. The van der Waals surface area contributed by atoms with Crippen molar-refractivity contribution in [3.63, 3.8) is 0 Å². The second-order valence-corrected chi connectivity index (χ2v) is 6.84. The molecular formula is C20H20ClN3O. The largest absolute Gasteiger partial charge is 0.387 e. The van der Waals surface area contributed by atoms with E-state index in [1.807, 2.05) is 36.5 Å². The molecule has 1 aliphatic rings. The van der Waals surface area contributed by atoms with Gasteiger partial charge in [-0.15, -0.1) is 0 Å². The Morgan fingerprint density at radius 3 is 2.84 bits per heavy atom. The van der Waals surface area contributed by atoms with Gasteiger partial charge in [0.2, 0.25) is 0 Å². The number of halogens is 1. The van der Waals surface area contributed by atoms with Crippen molar-refractivity contribution in [1.29, 1.82) is 0 Å². The van der Waals surface area contributed by atoms with Crippen molar-refractivity contribution in [2.24, 2.45) is 0 Å². The first-order valence-electron chi connectivity index (χ1n) is 8.48. The quantitative estimate of drug-likeness (QED) is 0.744. The van der Waals surface area contributed by atoms with Crippen molar-refractivity contribution in [3.05, 3.63) is 71.0 Å². The van der Waals surface area contributed by atoms with Gasteiger partial charge in [0.05, 0.1) is 6.10 Å². The van der Waals surface area contributed by atoms with Crippen LogP contribution in [0.2, 0.25) is 5.02 Å². The zero-order chi connectivity index (χ0) is 17.2. The summed E-state index contributed by atoms with van der Waals surface area (Å²) < 4.78 is 0. The molecular weight excluding hydrogens is 334 g/mol. The Hall–Kier alpha value is -2.14. The molecule has 128 valence electrons. The number of hydrogen-bond donors (Lipinski definition) is 2. The minimum absolute atomic E-state index is 0.496. The standard InChI is InChI=1S/C20H20ClN3O/c21-16-5-3-15(4-6-16)19(25)13-24-10-7-14(8-11-24)18-12-23-20-17(18)2-1-9-22-20/h1-7,9,12,19,25H,8,10-11,13H2,(H,22,23)/t19-/m1/s1. The Morgan fingerprint density at radius 2 is 2.08 bits per heavy atom. The highest BCUT2D eigenvalue weighted by molar-refractivity contribution is 6.30. The molecule has 4 rings (SSSR count). The van der Waals surface area contributed by atoms with E-state index < -0.39 is 6.10 Å². The molecule has 5 heteroatoms. The summed E-state index contributed by atoms with van der Waals surface area (Å²) in [5.41, 5.74) is 4.42. The topological polar surface area (TPSA) is 52.1 Å². The van der Waals surface area contributed by atoms with E-state index in [1.165, 1.54) is 16.5 Å². The molecule has 0 bridgehead atoms. The zero-order valence-electron chi connectivity index (χ0n) is 13.8. The summed E-state index contributed by atoms with van der Waals surface area (Å²) in [6.45, 7) is 2.40. The van der Waals surface area contributed by atoms with Gasteiger partial charge in [-0.25, -0.2) is 4.98 Å². The van der Waals surface area contributed by atoms with Gasteiger partial charge in [-0.2, -0.15) is 0 Å². The van der Waals surface area contributed by atoms with Gasteiger partial charge in [0, 0.05) is 48.0 Å². The van der Waals surface area contributed by atoms with Crippen LogP contribution in [0.1, 0.15) is 23.7 Å². The number of hydrogen-bond acceptors (Lipinski definition) is 3. The minimum Gasteiger partial charge on any atom is -0.387 e. The minimum atomic E-state index is -0.496. The number of aromatic amines is 1. The predicted molar refractivity (Wildman–Crippen MR) is 102 cm³/mol. The van der Waals surface area contributed by atoms with E-state index in [0.717, 1.165) is 30.7 Å². The lowest BCUT2D eigenvalue weighted by molar-refractivity contribution is 0.119. The van der Waals surface area contributed by atoms with Gasteiger partial charge in [-0.1, -0.05) is 29.8 Å². The number of aromatic nitrogens is 2. The summed E-state index contributed by atoms with van der Waals surface area (Å²) in [6.07, 6.45) is 6.58. The highest BCUT2D eigenvalue weighted by atomic mass is 35.5. The highest BCUT2D eigenvalue weighted by Gasteiger charge is 2.18. The van der Waals surface area contributed by atoms with Crippen LogP contribution in [0.25, 0.3) is 16.6 Å². The molecule has 0 aliphatic carbocycles. The molecule has 0 spiro atoms. The lowest BCUT2D eigenvalue weighted by Crippen LogP contribution is -2.32. The Morgan fingerprint density at radius 1 is 1.24 bits per heavy atom. The third-order valence-corrected chi connectivity index (χ3v) is 5.03. The number of benzene rings is 1. The van der Waals surface area contributed by atoms with Crippen molar-refractivity contribution in [1.82, 2.24) is 14.9 Å². The molecule has 0 unspecified atom stereocenters. The maximum Gasteiger partial charge on any atom is 0.137 e. The van der Waals surface area contributed by atoms with Crippen molar-refractivity contribution in [2.75, 3.05) is 19.6 Å². The SMILES string of the molecule is O[C@H](CN1CC=C(c2c[nH]c3ncccc23)CC1)c1ccc(Cl)cc1. The van der Waals surface area contributed by atoms with Gasteiger partial charge in [-0.3, -0.25) is 4.90 Å². The number of nitrogens with zero attached hydrogens (tertiary/aromatic N) is 2. The van der Waals surface area contributed by atoms with E-state index in [4.69, 9.17) is 11.6 Å². The maximum atomic E-state index is 10.4. The van der Waals surface area contributed by atoms with Crippen LogP contribution in [0.4, 0.5) is 0 Å². The third kappa shape index (κ3) is 3.47. The van der Waals surface area contributed by atoms with Crippen LogP contribution in [-0.4, -0.2) is 39.6 Å². The molecule has 25 heavy (non-hydrogen) atoms. The van der Waals surface area contributed by atoms with Crippen LogP contribution in [0.3, 0.4) is 0 Å². The summed E-state index contributed by atoms with van der Waals surface area (Å²) in [6, 6.07) is 11.5. The average molecular weight is 354 g/mol. The van der Waals surface area contributed by atoms with Crippen LogP contribution >= 0.6 is 11.6 Å². The van der Waals surface area contributed by atoms with E-state index in [1.54, 1.807) is 6.20 Å². The number of rotatable bonds is 4. The Labute approximate surface area is 151 Å². The number of nitrogens with one attached hydrogen (secondary N) is 1. The van der Waals surface area contributed by atoms with Crippen LogP contribution in [0.15, 0.2) is 54.9 Å². The first kappa shape index (κ1) is 16.3. The molecule has 0 amide bonds. The fourth-order valence-electron chi connectivity index (χ4n) is 3.38. The van der Waals surface area contributed by atoms with Crippen molar-refractivity contribution < 1.29 is 5.11 Å². The molecule has 2 N–H and O–H groups in total. The highest BCUT2D eigenvalue weighted by Crippen LogP contribution is 2.29. The maximum absolute atomic E-state index is 10.4. The molecule has 3 aromatic rings. The van der Waals surface area contributed by atoms with Crippen LogP contribution in [0, 0.1) is 0 Å². The summed E-state index contributed by atoms with van der Waals surface area (Å²) in [7, 11) is 0. The zero-order valence-corrected chi connectivity index (χ0v) is 14.6. The normalized spacial score (nSPS) is 16.8. The van der Waals surface area contributed by atoms with Crippen LogP contribution in [0.5, 0.6) is 0 Å². The lowest BCUT2D eigenvalue weighted by atomic mass is 9.99. The second kappa shape index (κ2) is 7.00. The number of β-amino-alcohol motifs (C(OH)–C–C–N with tert-alkyl or cyclic N) is 1. The van der Waals surface area contributed by atoms with E-state index in [-0.39, 0.29) is 0 Å². The summed E-state index contributed by atoms with van der Waals surface area (Å²) in [5.74, 6) is 0. The fraction of sp³-hybridized carbons (Fsp3) is 0.250. The first-order chi connectivity index (χ1) is 12.2. The monoisotopic (exact) mass is 353 g/mol. The van der Waals surface area contributed by atoms with E-state index in [2.05, 4.69) is 27.0 Å². The first-order valence-corrected chi connectivity index (χ1v) is 8.86. The molecule has 4 nitrogen and oxygen atoms in total. The van der Waals surface area contributed by atoms with Crippen LogP contribution < -0.4 is 0 Å². The molecule has 2 aromatic heterocycles. The van der Waals surface area contributed by atoms with E-state index in [0.29, 0.717) is 11.6 Å². The van der Waals surface area contributed by atoms with Gasteiger partial charge in [-0.05, 0) is 41.8 Å². The molecule has 0 radical (unpaired) electrons. The molecule has 0 fully saturated rings.